The third-order valence-electron chi connectivity index (χ3n) is 2.95. The standard InChI is InChI=1S/C13H20N2O2/c1-16-13-4-2-12(3-5-13)14-6-7-15-8-10-17-11-9-15/h2-5,14H,6-11H2,1H3. The van der Waals surface area contributed by atoms with E-state index in [1.807, 2.05) is 24.3 Å². The number of hydrogen-bond donors (Lipinski definition) is 1. The Morgan fingerprint density at radius 2 is 1.94 bits per heavy atom. The van der Waals surface area contributed by atoms with Gasteiger partial charge in [0.2, 0.25) is 0 Å². The molecule has 0 bridgehead atoms. The van der Waals surface area contributed by atoms with Crippen molar-refractivity contribution >= 4 is 5.69 Å². The highest BCUT2D eigenvalue weighted by molar-refractivity contribution is 5.46. The van der Waals surface area contributed by atoms with E-state index in [-0.39, 0.29) is 0 Å². The summed E-state index contributed by atoms with van der Waals surface area (Å²) in [6, 6.07) is 8.02. The van der Waals surface area contributed by atoms with Gasteiger partial charge in [0.15, 0.2) is 0 Å². The molecule has 17 heavy (non-hydrogen) atoms. The van der Waals surface area contributed by atoms with E-state index in [2.05, 4.69) is 10.2 Å². The van der Waals surface area contributed by atoms with Crippen LogP contribution in [0.25, 0.3) is 0 Å². The number of nitrogens with one attached hydrogen (secondary N) is 1. The van der Waals surface area contributed by atoms with Gasteiger partial charge in [0, 0.05) is 31.9 Å². The van der Waals surface area contributed by atoms with Gasteiger partial charge in [-0.2, -0.15) is 0 Å². The van der Waals surface area contributed by atoms with Crippen LogP contribution in [0.2, 0.25) is 0 Å². The average molecular weight is 236 g/mol. The molecule has 1 aliphatic rings. The molecule has 0 unspecified atom stereocenters. The van der Waals surface area contributed by atoms with Gasteiger partial charge in [-0.25, -0.2) is 0 Å². The van der Waals surface area contributed by atoms with Crippen molar-refractivity contribution in [3.63, 3.8) is 0 Å². The number of hydrogen-bond acceptors (Lipinski definition) is 4. The van der Waals surface area contributed by atoms with Crippen LogP contribution < -0.4 is 10.1 Å². The molecule has 1 N–H and O–H groups in total. The predicted molar refractivity (Wildman–Crippen MR) is 68.7 cm³/mol. The Bertz CT molecular complexity index is 321. The van der Waals surface area contributed by atoms with Gasteiger partial charge >= 0.3 is 0 Å². The zero-order chi connectivity index (χ0) is 11.9. The quantitative estimate of drug-likeness (QED) is 0.838. The molecular weight excluding hydrogens is 216 g/mol. The van der Waals surface area contributed by atoms with Crippen molar-refractivity contribution in [3.05, 3.63) is 24.3 Å². The van der Waals surface area contributed by atoms with E-state index in [4.69, 9.17) is 9.47 Å². The van der Waals surface area contributed by atoms with E-state index in [9.17, 15) is 0 Å². The molecule has 4 heteroatoms. The van der Waals surface area contributed by atoms with Gasteiger partial charge in [-0.05, 0) is 24.3 Å². The first-order valence-corrected chi connectivity index (χ1v) is 6.06. The predicted octanol–water partition coefficient (Wildman–Crippen LogP) is 1.44. The summed E-state index contributed by atoms with van der Waals surface area (Å²) < 4.78 is 10.4. The Hall–Kier alpha value is -1.26. The first-order chi connectivity index (χ1) is 8.38. The van der Waals surface area contributed by atoms with Gasteiger partial charge in [0.1, 0.15) is 5.75 Å². The third-order valence-corrected chi connectivity index (χ3v) is 2.95. The molecule has 0 saturated carbocycles. The highest BCUT2D eigenvalue weighted by Gasteiger charge is 2.08. The maximum absolute atomic E-state index is 5.31. The molecule has 1 aromatic carbocycles. The zero-order valence-electron chi connectivity index (χ0n) is 10.3. The normalized spacial score (nSPS) is 16.8. The van der Waals surface area contributed by atoms with Crippen LogP contribution in [0.15, 0.2) is 24.3 Å². The zero-order valence-corrected chi connectivity index (χ0v) is 10.3. The minimum Gasteiger partial charge on any atom is -0.497 e. The van der Waals surface area contributed by atoms with Crippen molar-refractivity contribution in [2.75, 3.05) is 51.8 Å². The summed E-state index contributed by atoms with van der Waals surface area (Å²) in [4.78, 5) is 2.42. The van der Waals surface area contributed by atoms with Crippen LogP contribution in [-0.4, -0.2) is 51.4 Å². The van der Waals surface area contributed by atoms with Gasteiger partial charge in [-0.1, -0.05) is 0 Å². The highest BCUT2D eigenvalue weighted by atomic mass is 16.5. The van der Waals surface area contributed by atoms with Crippen LogP contribution in [0.5, 0.6) is 5.75 Å². The number of ether oxygens (including phenoxy) is 2. The molecule has 1 aliphatic heterocycles. The number of anilines is 1. The van der Waals surface area contributed by atoms with Crippen molar-refractivity contribution in [2.45, 2.75) is 0 Å². The highest BCUT2D eigenvalue weighted by Crippen LogP contribution is 2.14. The van der Waals surface area contributed by atoms with Gasteiger partial charge in [-0.3, -0.25) is 4.90 Å². The van der Waals surface area contributed by atoms with Gasteiger partial charge < -0.3 is 14.8 Å². The van der Waals surface area contributed by atoms with Crippen molar-refractivity contribution in [3.8, 4) is 5.75 Å². The molecule has 0 radical (unpaired) electrons. The lowest BCUT2D eigenvalue weighted by Crippen LogP contribution is -2.38. The van der Waals surface area contributed by atoms with E-state index in [0.717, 1.165) is 50.8 Å². The maximum atomic E-state index is 5.31. The monoisotopic (exact) mass is 236 g/mol. The van der Waals surface area contributed by atoms with Gasteiger partial charge in [0.25, 0.3) is 0 Å². The second-order valence-electron chi connectivity index (χ2n) is 4.11. The van der Waals surface area contributed by atoms with E-state index in [1.165, 1.54) is 0 Å². The van der Waals surface area contributed by atoms with Crippen molar-refractivity contribution in [1.29, 1.82) is 0 Å². The Labute approximate surface area is 103 Å². The summed E-state index contributed by atoms with van der Waals surface area (Å²) in [7, 11) is 1.68. The topological polar surface area (TPSA) is 33.7 Å². The lowest BCUT2D eigenvalue weighted by Gasteiger charge is -2.26. The summed E-state index contributed by atoms with van der Waals surface area (Å²) in [5.41, 5.74) is 1.14. The van der Waals surface area contributed by atoms with Crippen LogP contribution in [0, 0.1) is 0 Å². The summed E-state index contributed by atoms with van der Waals surface area (Å²) in [6.07, 6.45) is 0. The lowest BCUT2D eigenvalue weighted by molar-refractivity contribution is 0.0398. The van der Waals surface area contributed by atoms with Crippen LogP contribution >= 0.6 is 0 Å². The summed E-state index contributed by atoms with van der Waals surface area (Å²) in [5, 5.41) is 3.41. The largest absolute Gasteiger partial charge is 0.497 e. The third kappa shape index (κ3) is 3.91. The molecule has 1 saturated heterocycles. The molecule has 0 spiro atoms. The average Bonchev–Trinajstić information content (AvgIpc) is 2.41. The maximum Gasteiger partial charge on any atom is 0.119 e. The Morgan fingerprint density at radius 3 is 2.59 bits per heavy atom. The van der Waals surface area contributed by atoms with Crippen LogP contribution in [0.1, 0.15) is 0 Å². The SMILES string of the molecule is COc1ccc(NCCN2CCOCC2)cc1. The molecule has 2 rings (SSSR count). The Kier molecular flexibility index (Phi) is 4.64. The lowest BCUT2D eigenvalue weighted by atomic mass is 10.3. The van der Waals surface area contributed by atoms with E-state index in [0.29, 0.717) is 0 Å². The number of rotatable bonds is 5. The molecule has 1 fully saturated rings. The van der Waals surface area contributed by atoms with Gasteiger partial charge in [0.05, 0.1) is 20.3 Å². The first-order valence-electron chi connectivity index (χ1n) is 6.06. The molecule has 1 aromatic rings. The van der Waals surface area contributed by atoms with Crippen LogP contribution in [0.4, 0.5) is 5.69 Å². The second kappa shape index (κ2) is 6.47. The van der Waals surface area contributed by atoms with Gasteiger partial charge in [-0.15, -0.1) is 0 Å². The van der Waals surface area contributed by atoms with E-state index < -0.39 is 0 Å². The smallest absolute Gasteiger partial charge is 0.119 e. The minimum atomic E-state index is 0.864. The van der Waals surface area contributed by atoms with Crippen LogP contribution in [0.3, 0.4) is 0 Å². The van der Waals surface area contributed by atoms with E-state index in [1.54, 1.807) is 7.11 Å². The number of benzene rings is 1. The summed E-state index contributed by atoms with van der Waals surface area (Å²) in [6.45, 7) is 5.85. The Morgan fingerprint density at radius 1 is 1.24 bits per heavy atom. The number of morpholine rings is 1. The molecule has 1 heterocycles. The minimum absolute atomic E-state index is 0.864. The van der Waals surface area contributed by atoms with E-state index >= 15 is 0 Å². The molecule has 0 atom stereocenters. The molecule has 0 amide bonds. The van der Waals surface area contributed by atoms with Crippen LogP contribution in [-0.2, 0) is 4.74 Å². The Balaban J connectivity index is 1.69. The molecule has 94 valence electrons. The molecular formula is C13H20N2O2. The summed E-state index contributed by atoms with van der Waals surface area (Å²) in [5.74, 6) is 0.892. The molecule has 0 aromatic heterocycles. The number of methoxy groups -OCH3 is 1. The first kappa shape index (κ1) is 12.2. The fraction of sp³-hybridized carbons (Fsp3) is 0.538. The summed E-state index contributed by atoms with van der Waals surface area (Å²) >= 11 is 0. The fourth-order valence-electron chi connectivity index (χ4n) is 1.89. The van der Waals surface area contributed by atoms with Crippen molar-refractivity contribution in [1.82, 2.24) is 4.90 Å². The fourth-order valence-corrected chi connectivity index (χ4v) is 1.89. The second-order valence-corrected chi connectivity index (χ2v) is 4.11. The van der Waals surface area contributed by atoms with Crippen molar-refractivity contribution < 1.29 is 9.47 Å². The number of nitrogens with zero attached hydrogens (tertiary/aromatic N) is 1. The molecule has 0 aliphatic carbocycles. The van der Waals surface area contributed by atoms with Crippen molar-refractivity contribution in [2.24, 2.45) is 0 Å². The molecule has 4 nitrogen and oxygen atoms in total.